The van der Waals surface area contributed by atoms with Gasteiger partial charge in [0.2, 0.25) is 5.91 Å². The van der Waals surface area contributed by atoms with E-state index in [0.29, 0.717) is 30.4 Å². The van der Waals surface area contributed by atoms with Gasteiger partial charge in [0, 0.05) is 37.6 Å². The molecule has 0 bridgehead atoms. The molecule has 0 saturated carbocycles. The zero-order chi connectivity index (χ0) is 22.5. The summed E-state index contributed by atoms with van der Waals surface area (Å²) in [7, 11) is 0. The van der Waals surface area contributed by atoms with Crippen LogP contribution in [0.25, 0.3) is 0 Å². The normalized spacial score (nSPS) is 19.2. The van der Waals surface area contributed by atoms with E-state index < -0.39 is 29.7 Å². The largest absolute Gasteiger partial charge is 0.481 e. The van der Waals surface area contributed by atoms with Crippen molar-refractivity contribution in [3.63, 3.8) is 0 Å². The van der Waals surface area contributed by atoms with Gasteiger partial charge < -0.3 is 15.7 Å². The number of hydrogen-bond acceptors (Lipinski definition) is 6. The molecule has 31 heavy (non-hydrogen) atoms. The lowest BCUT2D eigenvalue weighted by atomic mass is 9.91. The van der Waals surface area contributed by atoms with Crippen molar-refractivity contribution in [3.05, 3.63) is 41.3 Å². The van der Waals surface area contributed by atoms with Crippen molar-refractivity contribution in [1.29, 1.82) is 0 Å². The minimum absolute atomic E-state index is 0.176. The van der Waals surface area contributed by atoms with E-state index in [9.17, 15) is 19.5 Å². The van der Waals surface area contributed by atoms with Crippen molar-refractivity contribution in [2.75, 3.05) is 18.4 Å². The number of amides is 2. The van der Waals surface area contributed by atoms with Crippen LogP contribution in [0.15, 0.2) is 30.6 Å². The molecular weight excluding hydrogens is 424 g/mol. The molecule has 0 spiro atoms. The Morgan fingerprint density at radius 3 is 2.71 bits per heavy atom. The van der Waals surface area contributed by atoms with Gasteiger partial charge in [-0.1, -0.05) is 11.6 Å². The van der Waals surface area contributed by atoms with Gasteiger partial charge in [-0.05, 0) is 38.5 Å². The Balaban J connectivity index is 1.64. The Labute approximate surface area is 184 Å². The summed E-state index contributed by atoms with van der Waals surface area (Å²) in [5, 5.41) is 19.5. The first kappa shape index (κ1) is 22.7. The number of aliphatic carboxylic acids is 1. The Bertz CT molecular complexity index is 945. The lowest BCUT2D eigenvalue weighted by Gasteiger charge is -2.38. The quantitative estimate of drug-likeness (QED) is 0.585. The summed E-state index contributed by atoms with van der Waals surface area (Å²) in [6, 6.07) is 4.37. The van der Waals surface area contributed by atoms with Crippen molar-refractivity contribution < 1.29 is 19.5 Å². The number of carboxylic acids is 1. The molecule has 1 aliphatic heterocycles. The molecule has 11 heteroatoms. The number of carboxylic acid groups (broad SMARTS) is 1. The number of aromatic nitrogens is 3. The molecule has 3 N–H and O–H groups in total. The smallest absolute Gasteiger partial charge is 0.309 e. The van der Waals surface area contributed by atoms with E-state index in [0.717, 1.165) is 0 Å². The first-order valence-electron chi connectivity index (χ1n) is 9.95. The summed E-state index contributed by atoms with van der Waals surface area (Å²) in [6.07, 6.45) is 3.35. The zero-order valence-electron chi connectivity index (χ0n) is 17.3. The first-order chi connectivity index (χ1) is 14.7. The number of rotatable bonds is 7. The van der Waals surface area contributed by atoms with Crippen molar-refractivity contribution in [3.8, 4) is 0 Å². The Morgan fingerprint density at radius 2 is 2.06 bits per heavy atom. The second-order valence-corrected chi connectivity index (χ2v) is 8.12. The van der Waals surface area contributed by atoms with Gasteiger partial charge in [0.15, 0.2) is 0 Å². The number of nitrogens with zero attached hydrogens (tertiary/aromatic N) is 4. The van der Waals surface area contributed by atoms with Gasteiger partial charge in [0.1, 0.15) is 18.1 Å². The molecule has 3 rings (SSSR count). The average Bonchev–Trinajstić information content (AvgIpc) is 3.17. The van der Waals surface area contributed by atoms with Crippen LogP contribution < -0.4 is 10.6 Å². The third-order valence-corrected chi connectivity index (χ3v) is 5.47. The zero-order valence-corrected chi connectivity index (χ0v) is 18.0. The van der Waals surface area contributed by atoms with Gasteiger partial charge in [0.25, 0.3) is 5.91 Å². The number of piperidine rings is 1. The number of likely N-dealkylation sites (tertiary alicyclic amines) is 1. The fourth-order valence-electron chi connectivity index (χ4n) is 3.53. The molecule has 0 radical (unpaired) electrons. The van der Waals surface area contributed by atoms with Crippen molar-refractivity contribution in [2.45, 2.75) is 38.9 Å². The molecule has 1 fully saturated rings. The number of anilines is 1. The summed E-state index contributed by atoms with van der Waals surface area (Å²) in [4.78, 5) is 43.0. The summed E-state index contributed by atoms with van der Waals surface area (Å²) in [6.45, 7) is 4.89. The Hall–Kier alpha value is -2.98. The van der Waals surface area contributed by atoms with Crippen LogP contribution in [0.1, 0.15) is 30.8 Å². The van der Waals surface area contributed by atoms with E-state index in [2.05, 4.69) is 25.6 Å². The molecule has 2 unspecified atom stereocenters. The predicted octanol–water partition coefficient (Wildman–Crippen LogP) is 1.48. The summed E-state index contributed by atoms with van der Waals surface area (Å²) < 4.78 is 1.26. The highest BCUT2D eigenvalue weighted by Crippen LogP contribution is 2.20. The maximum atomic E-state index is 12.8. The van der Waals surface area contributed by atoms with Crippen molar-refractivity contribution in [1.82, 2.24) is 25.0 Å². The van der Waals surface area contributed by atoms with Crippen LogP contribution in [0.2, 0.25) is 5.02 Å². The molecule has 166 valence electrons. The average molecular weight is 449 g/mol. The highest BCUT2D eigenvalue weighted by Gasteiger charge is 2.36. The van der Waals surface area contributed by atoms with Gasteiger partial charge in [-0.25, -0.2) is 4.98 Å². The van der Waals surface area contributed by atoms with E-state index in [4.69, 9.17) is 11.6 Å². The standard InChI is InChI=1S/C20H25ClN6O4/c1-12(2)26-8-6-15(14(10-26)20(30)31)24-19(29)16-5-7-23-27(16)11-18(28)25-17-4-3-13(21)9-22-17/h3-5,7,9,12,14-15H,6,8,10-11H2,1-2H3,(H,24,29)(H,30,31)(H,22,25,28). The Kier molecular flexibility index (Phi) is 7.24. The van der Waals surface area contributed by atoms with Crippen molar-refractivity contribution >= 4 is 35.2 Å². The van der Waals surface area contributed by atoms with Gasteiger partial charge in [-0.3, -0.25) is 24.0 Å². The topological polar surface area (TPSA) is 129 Å². The van der Waals surface area contributed by atoms with Gasteiger partial charge >= 0.3 is 5.97 Å². The molecule has 0 aromatic carbocycles. The van der Waals surface area contributed by atoms with Crippen LogP contribution in [-0.2, 0) is 16.1 Å². The molecule has 2 aromatic rings. The fourth-order valence-corrected chi connectivity index (χ4v) is 3.64. The Morgan fingerprint density at radius 1 is 1.29 bits per heavy atom. The summed E-state index contributed by atoms with van der Waals surface area (Å²) >= 11 is 5.78. The predicted molar refractivity (Wildman–Crippen MR) is 114 cm³/mol. The minimum Gasteiger partial charge on any atom is -0.481 e. The van der Waals surface area contributed by atoms with Gasteiger partial charge in [-0.15, -0.1) is 0 Å². The highest BCUT2D eigenvalue weighted by atomic mass is 35.5. The number of halogens is 1. The molecule has 10 nitrogen and oxygen atoms in total. The molecule has 2 amide bonds. The van der Waals surface area contributed by atoms with Crippen LogP contribution in [-0.4, -0.2) is 67.7 Å². The number of carbonyl (C=O) groups excluding carboxylic acids is 2. The highest BCUT2D eigenvalue weighted by molar-refractivity contribution is 6.30. The SMILES string of the molecule is CC(C)N1CCC(NC(=O)c2ccnn2CC(=O)Nc2ccc(Cl)cn2)C(C(=O)O)C1. The fraction of sp³-hybridized carbons (Fsp3) is 0.450. The van der Waals surface area contributed by atoms with E-state index in [1.807, 2.05) is 13.8 Å². The van der Waals surface area contributed by atoms with E-state index in [-0.39, 0.29) is 18.3 Å². The van der Waals surface area contributed by atoms with Crippen LogP contribution in [0.4, 0.5) is 5.82 Å². The van der Waals surface area contributed by atoms with Gasteiger partial charge in [-0.2, -0.15) is 5.10 Å². The van der Waals surface area contributed by atoms with E-state index in [1.165, 1.54) is 23.1 Å². The maximum absolute atomic E-state index is 12.8. The molecule has 1 saturated heterocycles. The van der Waals surface area contributed by atoms with Crippen molar-refractivity contribution in [2.24, 2.45) is 5.92 Å². The number of pyridine rings is 1. The number of carbonyl (C=O) groups is 3. The minimum atomic E-state index is -0.945. The lowest BCUT2D eigenvalue weighted by Crippen LogP contribution is -2.55. The summed E-state index contributed by atoms with van der Waals surface area (Å²) in [5.41, 5.74) is 0.176. The monoisotopic (exact) mass is 448 g/mol. The second kappa shape index (κ2) is 9.88. The molecule has 1 aliphatic rings. The first-order valence-corrected chi connectivity index (χ1v) is 10.3. The number of nitrogens with one attached hydrogen (secondary N) is 2. The van der Waals surface area contributed by atoms with Crippen LogP contribution in [0.5, 0.6) is 0 Å². The summed E-state index contributed by atoms with van der Waals surface area (Å²) in [5.74, 6) is -2.21. The van der Waals surface area contributed by atoms with E-state index >= 15 is 0 Å². The molecule has 2 atom stereocenters. The third kappa shape index (κ3) is 5.80. The van der Waals surface area contributed by atoms with Crippen LogP contribution >= 0.6 is 11.6 Å². The van der Waals surface area contributed by atoms with Crippen LogP contribution in [0.3, 0.4) is 0 Å². The van der Waals surface area contributed by atoms with Gasteiger partial charge in [0.05, 0.1) is 10.9 Å². The molecular formula is C20H25ClN6O4. The molecule has 2 aromatic heterocycles. The third-order valence-electron chi connectivity index (χ3n) is 5.25. The van der Waals surface area contributed by atoms with E-state index in [1.54, 1.807) is 12.1 Å². The molecule has 3 heterocycles. The lowest BCUT2D eigenvalue weighted by molar-refractivity contribution is -0.144. The maximum Gasteiger partial charge on any atom is 0.309 e. The molecule has 0 aliphatic carbocycles. The van der Waals surface area contributed by atoms with Crippen LogP contribution in [0, 0.1) is 5.92 Å². The number of hydrogen-bond donors (Lipinski definition) is 3. The second-order valence-electron chi connectivity index (χ2n) is 7.69.